The number of pyridine rings is 1. The van der Waals surface area contributed by atoms with E-state index in [0.717, 1.165) is 37.5 Å². The molecule has 1 amide bonds. The van der Waals surface area contributed by atoms with Gasteiger partial charge < -0.3 is 10.2 Å². The van der Waals surface area contributed by atoms with E-state index in [1.165, 1.54) is 24.8 Å². The van der Waals surface area contributed by atoms with Crippen LogP contribution in [0.2, 0.25) is 0 Å². The first-order valence-corrected chi connectivity index (χ1v) is 9.79. The molecule has 0 aliphatic carbocycles. The van der Waals surface area contributed by atoms with Crippen LogP contribution in [0.1, 0.15) is 44.6 Å². The quantitative estimate of drug-likeness (QED) is 0.788. The van der Waals surface area contributed by atoms with Crippen LogP contribution in [-0.2, 0) is 11.2 Å². The van der Waals surface area contributed by atoms with E-state index in [0.29, 0.717) is 12.2 Å². The van der Waals surface area contributed by atoms with Gasteiger partial charge in [-0.3, -0.25) is 4.79 Å². The number of carbonyl (C=O) groups excluding carboxylic acids is 1. The van der Waals surface area contributed by atoms with Gasteiger partial charge in [0.05, 0.1) is 11.9 Å². The van der Waals surface area contributed by atoms with Crippen LogP contribution in [-0.4, -0.2) is 24.0 Å². The Morgan fingerprint density at radius 2 is 1.92 bits per heavy atom. The summed E-state index contributed by atoms with van der Waals surface area (Å²) in [5.74, 6) is 1.46. The smallest absolute Gasteiger partial charge is 0.225 e. The summed E-state index contributed by atoms with van der Waals surface area (Å²) in [7, 11) is 0. The van der Waals surface area contributed by atoms with Crippen molar-refractivity contribution in [2.24, 2.45) is 5.92 Å². The second kappa shape index (κ2) is 9.37. The van der Waals surface area contributed by atoms with Crippen molar-refractivity contribution >= 4 is 17.4 Å². The molecule has 0 saturated carbocycles. The Balaban J connectivity index is 1.47. The number of nitrogens with zero attached hydrogens (tertiary/aromatic N) is 2. The van der Waals surface area contributed by atoms with Gasteiger partial charge in [0.25, 0.3) is 0 Å². The number of carbonyl (C=O) groups is 1. The summed E-state index contributed by atoms with van der Waals surface area (Å²) in [5, 5.41) is 2.87. The number of rotatable bonds is 7. The maximum Gasteiger partial charge on any atom is 0.225 e. The Hall–Kier alpha value is -2.36. The molecule has 0 spiro atoms. The van der Waals surface area contributed by atoms with E-state index < -0.39 is 0 Å². The zero-order valence-corrected chi connectivity index (χ0v) is 15.7. The Bertz CT molecular complexity index is 676. The second-order valence-electron chi connectivity index (χ2n) is 7.17. The number of hydrogen-bond acceptors (Lipinski definition) is 3. The minimum absolute atomic E-state index is 0.0498. The highest BCUT2D eigenvalue weighted by molar-refractivity contribution is 5.89. The van der Waals surface area contributed by atoms with Gasteiger partial charge in [0.15, 0.2) is 0 Å². The molecule has 3 rings (SSSR count). The summed E-state index contributed by atoms with van der Waals surface area (Å²) in [6, 6.07) is 14.8. The van der Waals surface area contributed by atoms with E-state index in [4.69, 9.17) is 0 Å². The maximum absolute atomic E-state index is 11.8. The van der Waals surface area contributed by atoms with Crippen LogP contribution in [0.4, 0.5) is 11.5 Å². The molecule has 4 nitrogen and oxygen atoms in total. The van der Waals surface area contributed by atoms with Crippen LogP contribution >= 0.6 is 0 Å². The summed E-state index contributed by atoms with van der Waals surface area (Å²) >= 11 is 0. The van der Waals surface area contributed by atoms with E-state index >= 15 is 0 Å². The number of unbranched alkanes of at least 4 members (excludes halogenated alkanes) is 1. The van der Waals surface area contributed by atoms with Gasteiger partial charge >= 0.3 is 0 Å². The molecule has 2 aromatic rings. The average molecular weight is 351 g/mol. The summed E-state index contributed by atoms with van der Waals surface area (Å²) < 4.78 is 0. The summed E-state index contributed by atoms with van der Waals surface area (Å²) in [6.45, 7) is 4.23. The zero-order valence-electron chi connectivity index (χ0n) is 15.7. The highest BCUT2D eigenvalue weighted by atomic mass is 16.1. The van der Waals surface area contributed by atoms with Crippen LogP contribution in [0, 0.1) is 5.92 Å². The molecule has 4 heteroatoms. The molecule has 2 heterocycles. The van der Waals surface area contributed by atoms with E-state index in [2.05, 4.69) is 58.5 Å². The Morgan fingerprint density at radius 1 is 1.15 bits per heavy atom. The van der Waals surface area contributed by atoms with Crippen molar-refractivity contribution in [3.63, 3.8) is 0 Å². The van der Waals surface area contributed by atoms with Crippen LogP contribution in [0.25, 0.3) is 0 Å². The molecule has 1 saturated heterocycles. The zero-order chi connectivity index (χ0) is 18.2. The van der Waals surface area contributed by atoms with Gasteiger partial charge in [-0.2, -0.15) is 0 Å². The molecular weight excluding hydrogens is 322 g/mol. The molecule has 1 aromatic carbocycles. The normalized spacial score (nSPS) is 15.0. The number of anilines is 2. The minimum atomic E-state index is 0.0498. The third-order valence-electron chi connectivity index (χ3n) is 5.12. The number of benzene rings is 1. The third kappa shape index (κ3) is 5.32. The van der Waals surface area contributed by atoms with Gasteiger partial charge in [-0.15, -0.1) is 0 Å². The van der Waals surface area contributed by atoms with Crippen molar-refractivity contribution in [1.29, 1.82) is 0 Å². The lowest BCUT2D eigenvalue weighted by molar-refractivity contribution is -0.116. The largest absolute Gasteiger partial charge is 0.370 e. The maximum atomic E-state index is 11.8. The molecule has 26 heavy (non-hydrogen) atoms. The number of aromatic nitrogens is 1. The van der Waals surface area contributed by atoms with Crippen LogP contribution in [0.5, 0.6) is 0 Å². The average Bonchev–Trinajstić information content (AvgIpc) is 2.68. The van der Waals surface area contributed by atoms with Gasteiger partial charge in [-0.1, -0.05) is 43.7 Å². The molecule has 1 N–H and O–H groups in total. The predicted octanol–water partition coefficient (Wildman–Crippen LogP) is 4.67. The lowest BCUT2D eigenvalue weighted by atomic mass is 9.90. The fourth-order valence-electron chi connectivity index (χ4n) is 3.53. The van der Waals surface area contributed by atoms with Crippen molar-refractivity contribution in [3.05, 3.63) is 54.2 Å². The molecule has 138 valence electrons. The highest BCUT2D eigenvalue weighted by Gasteiger charge is 2.20. The Labute approximate surface area is 156 Å². The van der Waals surface area contributed by atoms with Gasteiger partial charge in [-0.05, 0) is 49.3 Å². The van der Waals surface area contributed by atoms with E-state index in [1.54, 1.807) is 0 Å². The summed E-state index contributed by atoms with van der Waals surface area (Å²) in [4.78, 5) is 18.6. The second-order valence-corrected chi connectivity index (χ2v) is 7.17. The first kappa shape index (κ1) is 18.4. The molecule has 0 unspecified atom stereocenters. The van der Waals surface area contributed by atoms with E-state index in [9.17, 15) is 4.79 Å². The van der Waals surface area contributed by atoms with Gasteiger partial charge in [0.2, 0.25) is 5.91 Å². The monoisotopic (exact) mass is 351 g/mol. The number of hydrogen-bond donors (Lipinski definition) is 1. The lowest BCUT2D eigenvalue weighted by Crippen LogP contribution is -2.34. The van der Waals surface area contributed by atoms with Gasteiger partial charge in [-0.25, -0.2) is 4.98 Å². The molecule has 1 aromatic heterocycles. The van der Waals surface area contributed by atoms with E-state index in [1.807, 2.05) is 12.3 Å². The van der Waals surface area contributed by atoms with Crippen molar-refractivity contribution in [3.8, 4) is 0 Å². The third-order valence-corrected chi connectivity index (χ3v) is 5.12. The first-order chi connectivity index (χ1) is 12.7. The Kier molecular flexibility index (Phi) is 6.64. The van der Waals surface area contributed by atoms with Crippen molar-refractivity contribution in [1.82, 2.24) is 4.98 Å². The fraction of sp³-hybridized carbons (Fsp3) is 0.455. The number of amides is 1. The molecule has 0 radical (unpaired) electrons. The standard InChI is InChI=1S/C22H29N3O/c1-2-3-9-22(26)24-21-11-10-20(17-23-21)25-14-12-19(13-15-25)16-18-7-5-4-6-8-18/h4-8,10-11,17,19H,2-3,9,12-16H2,1H3,(H,23,24,26). The van der Waals surface area contributed by atoms with Gasteiger partial charge in [0, 0.05) is 19.5 Å². The van der Waals surface area contributed by atoms with Crippen molar-refractivity contribution < 1.29 is 4.79 Å². The molecule has 0 bridgehead atoms. The SMILES string of the molecule is CCCCC(=O)Nc1ccc(N2CCC(Cc3ccccc3)CC2)cn1. The number of nitrogens with one attached hydrogen (secondary N) is 1. The van der Waals surface area contributed by atoms with E-state index in [-0.39, 0.29) is 5.91 Å². The molecule has 0 atom stereocenters. The first-order valence-electron chi connectivity index (χ1n) is 9.79. The number of piperidine rings is 1. The predicted molar refractivity (Wildman–Crippen MR) is 107 cm³/mol. The minimum Gasteiger partial charge on any atom is -0.370 e. The van der Waals surface area contributed by atoms with Crippen LogP contribution < -0.4 is 10.2 Å². The summed E-state index contributed by atoms with van der Waals surface area (Å²) in [6.07, 6.45) is 7.99. The topological polar surface area (TPSA) is 45.2 Å². The van der Waals surface area contributed by atoms with Gasteiger partial charge in [0.1, 0.15) is 5.82 Å². The lowest BCUT2D eigenvalue weighted by Gasteiger charge is -2.33. The Morgan fingerprint density at radius 3 is 2.58 bits per heavy atom. The fourth-order valence-corrected chi connectivity index (χ4v) is 3.53. The molecule has 1 fully saturated rings. The van der Waals surface area contributed by atoms with Crippen molar-refractivity contribution in [2.75, 3.05) is 23.3 Å². The highest BCUT2D eigenvalue weighted by Crippen LogP contribution is 2.25. The molecular formula is C22H29N3O. The van der Waals surface area contributed by atoms with Crippen LogP contribution in [0.3, 0.4) is 0 Å². The molecule has 1 aliphatic rings. The summed E-state index contributed by atoms with van der Waals surface area (Å²) in [5.41, 5.74) is 2.59. The molecule has 1 aliphatic heterocycles. The van der Waals surface area contributed by atoms with Crippen molar-refractivity contribution in [2.45, 2.75) is 45.4 Å². The van der Waals surface area contributed by atoms with Crippen LogP contribution in [0.15, 0.2) is 48.7 Å².